The third kappa shape index (κ3) is 3.78. The lowest BCUT2D eigenvalue weighted by Gasteiger charge is -2.07. The van der Waals surface area contributed by atoms with Gasteiger partial charge in [0.2, 0.25) is 0 Å². The van der Waals surface area contributed by atoms with Gasteiger partial charge in [0.1, 0.15) is 5.82 Å². The number of rotatable bonds is 6. The Balaban J connectivity index is 2.02. The second-order valence-electron chi connectivity index (χ2n) is 3.99. The molecule has 0 amide bonds. The van der Waals surface area contributed by atoms with Crippen molar-refractivity contribution in [2.24, 2.45) is 0 Å². The van der Waals surface area contributed by atoms with E-state index in [1.807, 2.05) is 25.2 Å². The highest BCUT2D eigenvalue weighted by Crippen LogP contribution is 2.24. The molecule has 1 aromatic heterocycles. The molecule has 0 radical (unpaired) electrons. The molecule has 0 saturated heterocycles. The van der Waals surface area contributed by atoms with Crippen LogP contribution >= 0.6 is 11.8 Å². The second kappa shape index (κ2) is 6.68. The van der Waals surface area contributed by atoms with Crippen LogP contribution in [-0.4, -0.2) is 16.6 Å². The van der Waals surface area contributed by atoms with E-state index in [0.29, 0.717) is 11.6 Å². The number of aromatic nitrogens is 2. The summed E-state index contributed by atoms with van der Waals surface area (Å²) >= 11 is 1.51. The van der Waals surface area contributed by atoms with E-state index in [1.54, 1.807) is 0 Å². The van der Waals surface area contributed by atoms with Crippen molar-refractivity contribution in [1.82, 2.24) is 14.9 Å². The third-order valence-electron chi connectivity index (χ3n) is 2.61. The molecule has 6 heteroatoms. The summed E-state index contributed by atoms with van der Waals surface area (Å²) in [5.41, 5.74) is 1.17. The molecule has 19 heavy (non-hydrogen) atoms. The van der Waals surface area contributed by atoms with Crippen LogP contribution in [-0.2, 0) is 12.3 Å². The normalized spacial score (nSPS) is 11.2. The second-order valence-corrected chi connectivity index (χ2v) is 5.04. The van der Waals surface area contributed by atoms with Crippen LogP contribution in [0, 0.1) is 0 Å². The summed E-state index contributed by atoms with van der Waals surface area (Å²) in [4.78, 5) is 5.01. The summed E-state index contributed by atoms with van der Waals surface area (Å²) in [6, 6.07) is 8.02. The zero-order valence-corrected chi connectivity index (χ0v) is 11.3. The minimum atomic E-state index is -2.53. The molecule has 0 aliphatic rings. The Morgan fingerprint density at radius 2 is 2.26 bits per heavy atom. The van der Waals surface area contributed by atoms with Gasteiger partial charge in [-0.15, -0.1) is 11.8 Å². The van der Waals surface area contributed by atoms with Crippen LogP contribution in [0.1, 0.15) is 17.9 Å². The van der Waals surface area contributed by atoms with Crippen LogP contribution in [0.15, 0.2) is 41.6 Å². The summed E-state index contributed by atoms with van der Waals surface area (Å²) in [7, 11) is 1.89. The molecule has 1 aromatic carbocycles. The average molecular weight is 283 g/mol. The van der Waals surface area contributed by atoms with Gasteiger partial charge in [-0.25, -0.2) is 4.98 Å². The van der Waals surface area contributed by atoms with Gasteiger partial charge in [-0.2, -0.15) is 8.78 Å². The number of halogens is 2. The van der Waals surface area contributed by atoms with E-state index in [9.17, 15) is 8.78 Å². The molecule has 1 N–H and O–H groups in total. The minimum Gasteiger partial charge on any atom is -0.316 e. The lowest BCUT2D eigenvalue weighted by molar-refractivity contribution is 0.0678. The van der Waals surface area contributed by atoms with Crippen molar-refractivity contribution in [3.05, 3.63) is 48.0 Å². The van der Waals surface area contributed by atoms with Crippen molar-refractivity contribution < 1.29 is 8.78 Å². The number of imidazole rings is 1. The summed E-state index contributed by atoms with van der Waals surface area (Å²) < 4.78 is 26.2. The minimum absolute atomic E-state index is 0.388. The van der Waals surface area contributed by atoms with Crippen molar-refractivity contribution in [2.45, 2.75) is 23.7 Å². The predicted molar refractivity (Wildman–Crippen MR) is 72.2 cm³/mol. The van der Waals surface area contributed by atoms with Gasteiger partial charge in [-0.1, -0.05) is 12.1 Å². The number of hydrogen-bond donors (Lipinski definition) is 1. The fourth-order valence-electron chi connectivity index (χ4n) is 1.73. The molecular weight excluding hydrogens is 268 g/mol. The maximum absolute atomic E-state index is 12.7. The van der Waals surface area contributed by atoms with Gasteiger partial charge in [-0.3, -0.25) is 4.57 Å². The molecule has 1 heterocycles. The highest BCUT2D eigenvalue weighted by atomic mass is 32.2. The van der Waals surface area contributed by atoms with E-state index < -0.39 is 6.55 Å². The molecule has 0 unspecified atom stereocenters. The third-order valence-corrected chi connectivity index (χ3v) is 3.60. The van der Waals surface area contributed by atoms with E-state index in [1.165, 1.54) is 29.7 Å². The Bertz CT molecular complexity index is 528. The van der Waals surface area contributed by atoms with E-state index in [4.69, 9.17) is 0 Å². The fraction of sp³-hybridized carbons (Fsp3) is 0.308. The molecule has 2 rings (SSSR count). The Hall–Kier alpha value is -1.40. The van der Waals surface area contributed by atoms with Crippen molar-refractivity contribution in [3.63, 3.8) is 0 Å². The number of hydrogen-bond acceptors (Lipinski definition) is 3. The monoisotopic (exact) mass is 283 g/mol. The number of thioether (sulfide) groups is 1. The molecule has 0 atom stereocenters. The summed E-state index contributed by atoms with van der Waals surface area (Å²) in [6.07, 6.45) is 2.71. The van der Waals surface area contributed by atoms with Crippen molar-refractivity contribution >= 4 is 11.8 Å². The van der Waals surface area contributed by atoms with Crippen LogP contribution in [0.25, 0.3) is 0 Å². The van der Waals surface area contributed by atoms with Gasteiger partial charge in [0, 0.05) is 23.8 Å². The van der Waals surface area contributed by atoms with E-state index in [0.717, 1.165) is 16.0 Å². The fourth-order valence-corrected chi connectivity index (χ4v) is 2.66. The van der Waals surface area contributed by atoms with Gasteiger partial charge >= 0.3 is 6.55 Å². The maximum Gasteiger partial charge on any atom is 0.319 e. The molecule has 0 fully saturated rings. The number of nitrogens with zero attached hydrogens (tertiary/aromatic N) is 2. The van der Waals surface area contributed by atoms with Crippen LogP contribution in [0.4, 0.5) is 8.78 Å². The molecule has 0 spiro atoms. The Morgan fingerprint density at radius 1 is 1.42 bits per heavy atom. The molecule has 2 aromatic rings. The lowest BCUT2D eigenvalue weighted by atomic mass is 10.2. The molecule has 0 bridgehead atoms. The van der Waals surface area contributed by atoms with Gasteiger partial charge in [0.25, 0.3) is 0 Å². The Kier molecular flexibility index (Phi) is 4.93. The van der Waals surface area contributed by atoms with Crippen molar-refractivity contribution in [3.8, 4) is 0 Å². The van der Waals surface area contributed by atoms with E-state index >= 15 is 0 Å². The standard InChI is InChI=1S/C13H15F2N3S/c1-16-8-10-3-2-4-11(7-10)19-9-12-17-5-6-18(12)13(14)15/h2-7,13,16H,8-9H2,1H3. The number of benzene rings is 1. The van der Waals surface area contributed by atoms with Crippen LogP contribution < -0.4 is 5.32 Å². The van der Waals surface area contributed by atoms with Crippen molar-refractivity contribution in [1.29, 1.82) is 0 Å². The Labute approximate surface area is 115 Å². The largest absolute Gasteiger partial charge is 0.319 e. The first kappa shape index (κ1) is 14.0. The number of alkyl halides is 2. The van der Waals surface area contributed by atoms with Crippen LogP contribution in [0.2, 0.25) is 0 Å². The van der Waals surface area contributed by atoms with Gasteiger partial charge in [0.15, 0.2) is 0 Å². The summed E-state index contributed by atoms with van der Waals surface area (Å²) in [5, 5.41) is 3.08. The highest BCUT2D eigenvalue weighted by Gasteiger charge is 2.11. The first-order valence-electron chi connectivity index (χ1n) is 5.87. The molecule has 0 aliphatic heterocycles. The summed E-state index contributed by atoms with van der Waals surface area (Å²) in [6.45, 7) is -1.74. The average Bonchev–Trinajstić information content (AvgIpc) is 2.86. The molecular formula is C13H15F2N3S. The summed E-state index contributed by atoms with van der Waals surface area (Å²) in [5.74, 6) is 0.819. The highest BCUT2D eigenvalue weighted by molar-refractivity contribution is 7.98. The molecule has 3 nitrogen and oxygen atoms in total. The topological polar surface area (TPSA) is 29.9 Å². The SMILES string of the molecule is CNCc1cccc(SCc2nccn2C(F)F)c1. The maximum atomic E-state index is 12.7. The zero-order chi connectivity index (χ0) is 13.7. The molecule has 0 aliphatic carbocycles. The van der Waals surface area contributed by atoms with Crippen LogP contribution in [0.3, 0.4) is 0 Å². The van der Waals surface area contributed by atoms with Crippen LogP contribution in [0.5, 0.6) is 0 Å². The van der Waals surface area contributed by atoms with Gasteiger partial charge < -0.3 is 5.32 Å². The van der Waals surface area contributed by atoms with Gasteiger partial charge in [0.05, 0.1) is 5.75 Å². The van der Waals surface area contributed by atoms with Crippen molar-refractivity contribution in [2.75, 3.05) is 7.05 Å². The molecule has 102 valence electrons. The smallest absolute Gasteiger partial charge is 0.316 e. The zero-order valence-electron chi connectivity index (χ0n) is 10.5. The van der Waals surface area contributed by atoms with Gasteiger partial charge in [-0.05, 0) is 24.7 Å². The number of nitrogens with one attached hydrogen (secondary N) is 1. The van der Waals surface area contributed by atoms with E-state index in [-0.39, 0.29) is 0 Å². The lowest BCUT2D eigenvalue weighted by Crippen LogP contribution is -2.04. The first-order chi connectivity index (χ1) is 9.20. The predicted octanol–water partition coefficient (Wildman–Crippen LogP) is 3.29. The molecule has 0 saturated carbocycles. The quantitative estimate of drug-likeness (QED) is 0.825. The van der Waals surface area contributed by atoms with E-state index in [2.05, 4.69) is 16.4 Å². The first-order valence-corrected chi connectivity index (χ1v) is 6.85. The Morgan fingerprint density at radius 3 is 3.00 bits per heavy atom.